The second-order valence-electron chi connectivity index (χ2n) is 3.20. The van der Waals surface area contributed by atoms with Gasteiger partial charge in [0.1, 0.15) is 0 Å². The van der Waals surface area contributed by atoms with Crippen LogP contribution in [0.5, 0.6) is 0 Å². The van der Waals surface area contributed by atoms with Gasteiger partial charge >= 0.3 is 0 Å². The lowest BCUT2D eigenvalue weighted by Crippen LogP contribution is -1.98. The van der Waals surface area contributed by atoms with Crippen molar-refractivity contribution < 1.29 is 0 Å². The molecule has 1 heteroatoms. The number of hydrogen-bond donors (Lipinski definition) is 0. The molecule has 0 heterocycles. The van der Waals surface area contributed by atoms with Gasteiger partial charge in [-0.05, 0) is 36.5 Å². The number of aryl methyl sites for hydroxylation is 2. The lowest BCUT2D eigenvalue weighted by molar-refractivity contribution is 0.979. The van der Waals surface area contributed by atoms with Crippen LogP contribution in [0.15, 0.2) is 24.3 Å². The first-order valence-corrected chi connectivity index (χ1v) is 5.03. The highest BCUT2D eigenvalue weighted by atomic mass is 79.9. The van der Waals surface area contributed by atoms with Crippen molar-refractivity contribution in [3.8, 4) is 0 Å². The Labute approximate surface area is 81.4 Å². The molecule has 12 heavy (non-hydrogen) atoms. The fourth-order valence-corrected chi connectivity index (χ4v) is 2.53. The molecule has 0 atom stereocenters. The summed E-state index contributed by atoms with van der Waals surface area (Å²) in [6.07, 6.45) is 4.61. The summed E-state index contributed by atoms with van der Waals surface area (Å²) in [5.74, 6) is 0. The molecule has 0 nitrogen and oxygen atoms in total. The van der Waals surface area contributed by atoms with Crippen LogP contribution in [0.2, 0.25) is 0 Å². The maximum absolute atomic E-state index is 3.60. The van der Waals surface area contributed by atoms with Crippen molar-refractivity contribution in [2.75, 3.05) is 0 Å². The normalized spacial score (nSPS) is 15.3. The maximum atomic E-state index is 3.60. The molecule has 0 saturated heterocycles. The SMILES string of the molecule is Cc1cccc2c1C(Br)=CCC2. The molecule has 1 aliphatic rings. The van der Waals surface area contributed by atoms with Gasteiger partial charge < -0.3 is 0 Å². The number of rotatable bonds is 0. The molecule has 62 valence electrons. The van der Waals surface area contributed by atoms with E-state index in [1.54, 1.807) is 0 Å². The van der Waals surface area contributed by atoms with Crippen molar-refractivity contribution >= 4 is 20.4 Å². The van der Waals surface area contributed by atoms with Gasteiger partial charge in [0.25, 0.3) is 0 Å². The highest BCUT2D eigenvalue weighted by Crippen LogP contribution is 2.32. The van der Waals surface area contributed by atoms with E-state index in [4.69, 9.17) is 0 Å². The molecule has 0 aromatic heterocycles. The summed E-state index contributed by atoms with van der Waals surface area (Å²) in [6.45, 7) is 2.17. The molecule has 0 unspecified atom stereocenters. The molecule has 2 rings (SSSR count). The molecule has 0 spiro atoms. The smallest absolute Gasteiger partial charge is 0.0213 e. The first-order valence-electron chi connectivity index (χ1n) is 4.23. The Morgan fingerprint density at radius 3 is 2.92 bits per heavy atom. The van der Waals surface area contributed by atoms with Crippen LogP contribution in [0.3, 0.4) is 0 Å². The number of hydrogen-bond acceptors (Lipinski definition) is 0. The molecule has 0 aliphatic heterocycles. The third-order valence-corrected chi connectivity index (χ3v) is 3.06. The molecule has 0 amide bonds. The van der Waals surface area contributed by atoms with Crippen molar-refractivity contribution in [3.05, 3.63) is 41.0 Å². The largest absolute Gasteiger partial charge is 0.0693 e. The van der Waals surface area contributed by atoms with E-state index in [2.05, 4.69) is 47.1 Å². The monoisotopic (exact) mass is 222 g/mol. The zero-order chi connectivity index (χ0) is 8.55. The van der Waals surface area contributed by atoms with Crippen molar-refractivity contribution in [1.29, 1.82) is 0 Å². The molecule has 0 fully saturated rings. The second kappa shape index (κ2) is 3.06. The molecule has 0 radical (unpaired) electrons. The van der Waals surface area contributed by atoms with E-state index in [1.807, 2.05) is 0 Å². The molecule has 0 bridgehead atoms. The van der Waals surface area contributed by atoms with Crippen LogP contribution in [-0.2, 0) is 6.42 Å². The molecule has 1 aromatic carbocycles. The summed E-state index contributed by atoms with van der Waals surface area (Å²) in [7, 11) is 0. The van der Waals surface area contributed by atoms with Gasteiger partial charge in [0.15, 0.2) is 0 Å². The zero-order valence-corrected chi connectivity index (χ0v) is 8.69. The maximum Gasteiger partial charge on any atom is 0.0213 e. The summed E-state index contributed by atoms with van der Waals surface area (Å²) < 4.78 is 1.27. The Bertz CT molecular complexity index is 337. The van der Waals surface area contributed by atoms with E-state index in [0.29, 0.717) is 0 Å². The van der Waals surface area contributed by atoms with Crippen molar-refractivity contribution in [2.45, 2.75) is 19.8 Å². The van der Waals surface area contributed by atoms with E-state index < -0.39 is 0 Å². The predicted octanol–water partition coefficient (Wildman–Crippen LogP) is 3.68. The number of allylic oxidation sites excluding steroid dienone is 1. The fourth-order valence-electron chi connectivity index (χ4n) is 1.74. The minimum atomic E-state index is 1.16. The summed E-state index contributed by atoms with van der Waals surface area (Å²) in [6, 6.07) is 6.52. The summed E-state index contributed by atoms with van der Waals surface area (Å²) in [4.78, 5) is 0. The van der Waals surface area contributed by atoms with Crippen LogP contribution in [0.1, 0.15) is 23.1 Å². The van der Waals surface area contributed by atoms with Gasteiger partial charge in [-0.3, -0.25) is 0 Å². The van der Waals surface area contributed by atoms with Crippen LogP contribution in [0.4, 0.5) is 0 Å². The van der Waals surface area contributed by atoms with Gasteiger partial charge in [-0.15, -0.1) is 0 Å². The van der Waals surface area contributed by atoms with Crippen LogP contribution in [-0.4, -0.2) is 0 Å². The molecule has 1 aliphatic carbocycles. The lowest BCUT2D eigenvalue weighted by Gasteiger charge is -2.15. The second-order valence-corrected chi connectivity index (χ2v) is 4.05. The van der Waals surface area contributed by atoms with Crippen molar-refractivity contribution in [2.24, 2.45) is 0 Å². The standard InChI is InChI=1S/C11H11Br/c1-8-4-2-5-9-6-3-7-10(12)11(8)9/h2,4-5,7H,3,6H2,1H3. The quantitative estimate of drug-likeness (QED) is 0.629. The zero-order valence-electron chi connectivity index (χ0n) is 7.10. The van der Waals surface area contributed by atoms with Crippen molar-refractivity contribution in [1.82, 2.24) is 0 Å². The fraction of sp³-hybridized carbons (Fsp3) is 0.273. The molecule has 0 saturated carbocycles. The first kappa shape index (κ1) is 8.06. The van der Waals surface area contributed by atoms with Gasteiger partial charge in [0.2, 0.25) is 0 Å². The van der Waals surface area contributed by atoms with Gasteiger partial charge in [-0.2, -0.15) is 0 Å². The minimum Gasteiger partial charge on any atom is -0.0693 e. The summed E-state index contributed by atoms with van der Waals surface area (Å²) in [5, 5.41) is 0. The van der Waals surface area contributed by atoms with Crippen molar-refractivity contribution in [3.63, 3.8) is 0 Å². The van der Waals surface area contributed by atoms with E-state index in [-0.39, 0.29) is 0 Å². The topological polar surface area (TPSA) is 0 Å². The average Bonchev–Trinajstić information content (AvgIpc) is 2.04. The number of fused-ring (bicyclic) bond motifs is 1. The Balaban J connectivity index is 2.64. The van der Waals surface area contributed by atoms with Crippen LogP contribution in [0, 0.1) is 6.92 Å². The summed E-state index contributed by atoms with van der Waals surface area (Å²) >= 11 is 3.60. The predicted molar refractivity (Wildman–Crippen MR) is 56.4 cm³/mol. The van der Waals surface area contributed by atoms with Gasteiger partial charge in [-0.1, -0.05) is 40.2 Å². The Morgan fingerprint density at radius 1 is 1.33 bits per heavy atom. The van der Waals surface area contributed by atoms with Gasteiger partial charge in [0.05, 0.1) is 0 Å². The molecular formula is C11H11Br. The van der Waals surface area contributed by atoms with E-state index in [1.165, 1.54) is 27.6 Å². The lowest BCUT2D eigenvalue weighted by atomic mass is 9.94. The Kier molecular flexibility index (Phi) is 2.05. The van der Waals surface area contributed by atoms with E-state index in [0.717, 1.165) is 6.42 Å². The molecular weight excluding hydrogens is 212 g/mol. The third kappa shape index (κ3) is 1.22. The third-order valence-electron chi connectivity index (χ3n) is 2.34. The number of halogens is 1. The Morgan fingerprint density at radius 2 is 2.17 bits per heavy atom. The minimum absolute atomic E-state index is 1.16. The number of benzene rings is 1. The van der Waals surface area contributed by atoms with E-state index >= 15 is 0 Å². The van der Waals surface area contributed by atoms with E-state index in [9.17, 15) is 0 Å². The average molecular weight is 223 g/mol. The van der Waals surface area contributed by atoms with Crippen LogP contribution in [0.25, 0.3) is 4.48 Å². The van der Waals surface area contributed by atoms with Gasteiger partial charge in [-0.25, -0.2) is 0 Å². The highest BCUT2D eigenvalue weighted by molar-refractivity contribution is 9.15. The summed E-state index contributed by atoms with van der Waals surface area (Å²) in [5.41, 5.74) is 4.25. The van der Waals surface area contributed by atoms with Gasteiger partial charge in [0, 0.05) is 4.48 Å². The van der Waals surface area contributed by atoms with Crippen LogP contribution >= 0.6 is 15.9 Å². The highest BCUT2D eigenvalue weighted by Gasteiger charge is 2.11. The molecule has 1 aromatic rings. The van der Waals surface area contributed by atoms with Crippen LogP contribution < -0.4 is 0 Å². The molecule has 0 N–H and O–H groups in total. The Hall–Kier alpha value is -0.560. The first-order chi connectivity index (χ1) is 5.79.